The summed E-state index contributed by atoms with van der Waals surface area (Å²) in [7, 11) is 1.76. The minimum absolute atomic E-state index is 0.0902. The number of rotatable bonds is 9. The maximum absolute atomic E-state index is 12.8. The van der Waals surface area contributed by atoms with Crippen molar-refractivity contribution in [2.45, 2.75) is 24.0 Å². The van der Waals surface area contributed by atoms with Crippen LogP contribution < -0.4 is 10.6 Å². The fourth-order valence-electron chi connectivity index (χ4n) is 2.12. The standard InChI is InChI=1S/C16H19F2N5O3S/c1-23-9-19-22-16(23)27-8-13(25)20-11-4-2-3-10(7-11)15(26)21-12(5-6-24)14(17)18/h2-4,7,9,12,14,24H,5-6,8H2,1H3,(H,20,25)(H,21,26). The second-order valence-electron chi connectivity index (χ2n) is 5.57. The molecule has 0 fully saturated rings. The zero-order chi connectivity index (χ0) is 19.8. The van der Waals surface area contributed by atoms with Gasteiger partial charge >= 0.3 is 0 Å². The summed E-state index contributed by atoms with van der Waals surface area (Å²) >= 11 is 1.20. The summed E-state index contributed by atoms with van der Waals surface area (Å²) in [5.41, 5.74) is 0.485. The van der Waals surface area contributed by atoms with E-state index < -0.39 is 25.0 Å². The van der Waals surface area contributed by atoms with Crippen molar-refractivity contribution in [1.82, 2.24) is 20.1 Å². The van der Waals surface area contributed by atoms with Gasteiger partial charge in [-0.25, -0.2) is 8.78 Å². The number of aromatic nitrogens is 3. The van der Waals surface area contributed by atoms with Crippen molar-refractivity contribution in [2.75, 3.05) is 17.7 Å². The third kappa shape index (κ3) is 6.29. The average Bonchev–Trinajstić information content (AvgIpc) is 3.04. The lowest BCUT2D eigenvalue weighted by atomic mass is 10.1. The highest BCUT2D eigenvalue weighted by Crippen LogP contribution is 2.16. The number of aliphatic hydroxyl groups is 1. The number of amides is 2. The Bertz CT molecular complexity index is 787. The van der Waals surface area contributed by atoms with Crippen LogP contribution in [0.4, 0.5) is 14.5 Å². The van der Waals surface area contributed by atoms with Gasteiger partial charge in [0.2, 0.25) is 5.91 Å². The number of nitrogens with zero attached hydrogens (tertiary/aromatic N) is 3. The van der Waals surface area contributed by atoms with Crippen molar-refractivity contribution >= 4 is 29.3 Å². The van der Waals surface area contributed by atoms with Gasteiger partial charge in [-0.2, -0.15) is 0 Å². The van der Waals surface area contributed by atoms with Crippen LogP contribution in [0.3, 0.4) is 0 Å². The van der Waals surface area contributed by atoms with Gasteiger partial charge < -0.3 is 20.3 Å². The number of aryl methyl sites for hydroxylation is 1. The largest absolute Gasteiger partial charge is 0.396 e. The summed E-state index contributed by atoms with van der Waals surface area (Å²) in [5.74, 6) is -0.933. The van der Waals surface area contributed by atoms with Crippen LogP contribution in [0.1, 0.15) is 16.8 Å². The number of aliphatic hydroxyl groups excluding tert-OH is 1. The monoisotopic (exact) mass is 399 g/mol. The molecule has 0 saturated carbocycles. The Balaban J connectivity index is 1.94. The van der Waals surface area contributed by atoms with Crippen LogP contribution in [0, 0.1) is 0 Å². The molecule has 1 heterocycles. The van der Waals surface area contributed by atoms with Crippen LogP contribution in [0.2, 0.25) is 0 Å². The number of nitrogens with one attached hydrogen (secondary N) is 2. The molecule has 0 aliphatic heterocycles. The lowest BCUT2D eigenvalue weighted by molar-refractivity contribution is -0.113. The maximum atomic E-state index is 12.8. The molecule has 0 radical (unpaired) electrons. The highest BCUT2D eigenvalue weighted by molar-refractivity contribution is 7.99. The van der Waals surface area contributed by atoms with E-state index >= 15 is 0 Å². The summed E-state index contributed by atoms with van der Waals surface area (Å²) in [5, 5.41) is 21.8. The van der Waals surface area contributed by atoms with E-state index in [0.29, 0.717) is 10.8 Å². The Labute approximate surface area is 158 Å². The molecule has 8 nitrogen and oxygen atoms in total. The molecule has 27 heavy (non-hydrogen) atoms. The molecule has 3 N–H and O–H groups in total. The molecule has 0 bridgehead atoms. The highest BCUT2D eigenvalue weighted by atomic mass is 32.2. The lowest BCUT2D eigenvalue weighted by Crippen LogP contribution is -2.40. The van der Waals surface area contributed by atoms with E-state index in [1.807, 2.05) is 0 Å². The van der Waals surface area contributed by atoms with Crippen molar-refractivity contribution in [3.8, 4) is 0 Å². The first-order valence-electron chi connectivity index (χ1n) is 7.97. The fraction of sp³-hybridized carbons (Fsp3) is 0.375. The normalized spacial score (nSPS) is 12.0. The zero-order valence-electron chi connectivity index (χ0n) is 14.4. The van der Waals surface area contributed by atoms with Crippen LogP contribution in [-0.2, 0) is 11.8 Å². The molecule has 11 heteroatoms. The van der Waals surface area contributed by atoms with Crippen LogP contribution >= 0.6 is 11.8 Å². The van der Waals surface area contributed by atoms with Crippen molar-refractivity contribution in [1.29, 1.82) is 0 Å². The fourth-order valence-corrected chi connectivity index (χ4v) is 2.81. The number of hydrogen-bond acceptors (Lipinski definition) is 6. The zero-order valence-corrected chi connectivity index (χ0v) is 15.2. The molecule has 0 aliphatic rings. The van der Waals surface area contributed by atoms with Crippen molar-refractivity contribution in [2.24, 2.45) is 7.05 Å². The number of anilines is 1. The van der Waals surface area contributed by atoms with E-state index in [2.05, 4.69) is 20.8 Å². The van der Waals surface area contributed by atoms with Gasteiger partial charge in [0.05, 0.1) is 11.8 Å². The Morgan fingerprint density at radius 3 is 2.78 bits per heavy atom. The number of hydrogen-bond donors (Lipinski definition) is 3. The Morgan fingerprint density at radius 1 is 1.37 bits per heavy atom. The van der Waals surface area contributed by atoms with Crippen molar-refractivity contribution in [3.05, 3.63) is 36.2 Å². The SMILES string of the molecule is Cn1cnnc1SCC(=O)Nc1cccc(C(=O)NC(CCO)C(F)F)c1. The molecule has 2 rings (SSSR count). The third-order valence-electron chi connectivity index (χ3n) is 3.47. The summed E-state index contributed by atoms with van der Waals surface area (Å²) in [6, 6.07) is 4.51. The number of thioether (sulfide) groups is 1. The molecule has 1 aromatic carbocycles. The van der Waals surface area contributed by atoms with Gasteiger partial charge in [0.25, 0.3) is 12.3 Å². The molecule has 0 spiro atoms. The van der Waals surface area contributed by atoms with E-state index in [1.54, 1.807) is 17.7 Å². The minimum atomic E-state index is -2.79. The van der Waals surface area contributed by atoms with Crippen LogP contribution in [-0.4, -0.2) is 56.5 Å². The van der Waals surface area contributed by atoms with Gasteiger partial charge in [-0.15, -0.1) is 10.2 Å². The predicted octanol–water partition coefficient (Wildman–Crippen LogP) is 1.29. The molecular weight excluding hydrogens is 380 g/mol. The molecule has 1 unspecified atom stereocenters. The number of alkyl halides is 2. The number of benzene rings is 1. The lowest BCUT2D eigenvalue weighted by Gasteiger charge is -2.17. The average molecular weight is 399 g/mol. The van der Waals surface area contributed by atoms with Crippen molar-refractivity contribution < 1.29 is 23.5 Å². The molecule has 1 aromatic heterocycles. The van der Waals surface area contributed by atoms with Gasteiger partial charge in [0.15, 0.2) is 5.16 Å². The number of halogens is 2. The first kappa shape index (κ1) is 20.8. The van der Waals surface area contributed by atoms with Gasteiger partial charge in [-0.3, -0.25) is 9.59 Å². The molecule has 2 amide bonds. The summed E-state index contributed by atoms with van der Waals surface area (Å²) < 4.78 is 27.4. The van der Waals surface area contributed by atoms with E-state index in [-0.39, 0.29) is 23.6 Å². The smallest absolute Gasteiger partial charge is 0.258 e. The van der Waals surface area contributed by atoms with E-state index in [4.69, 9.17) is 5.11 Å². The molecule has 0 saturated heterocycles. The number of carbonyl (C=O) groups is 2. The van der Waals surface area contributed by atoms with Gasteiger partial charge in [-0.1, -0.05) is 17.8 Å². The molecular formula is C16H19F2N5O3S. The van der Waals surface area contributed by atoms with Crippen molar-refractivity contribution in [3.63, 3.8) is 0 Å². The first-order valence-corrected chi connectivity index (χ1v) is 8.96. The third-order valence-corrected chi connectivity index (χ3v) is 4.51. The van der Waals surface area contributed by atoms with E-state index in [1.165, 1.54) is 36.3 Å². The Hall–Kier alpha value is -2.53. The first-order chi connectivity index (χ1) is 12.9. The maximum Gasteiger partial charge on any atom is 0.258 e. The summed E-state index contributed by atoms with van der Waals surface area (Å²) in [6.07, 6.45) is -1.52. The molecule has 1 atom stereocenters. The van der Waals surface area contributed by atoms with Gasteiger partial charge in [0, 0.05) is 24.9 Å². The van der Waals surface area contributed by atoms with E-state index in [9.17, 15) is 18.4 Å². The second kappa shape index (κ2) is 9.97. The second-order valence-corrected chi connectivity index (χ2v) is 6.51. The topological polar surface area (TPSA) is 109 Å². The molecule has 0 aliphatic carbocycles. The highest BCUT2D eigenvalue weighted by Gasteiger charge is 2.22. The summed E-state index contributed by atoms with van der Waals surface area (Å²) in [6.45, 7) is -0.464. The van der Waals surface area contributed by atoms with Gasteiger partial charge in [-0.05, 0) is 24.6 Å². The molecule has 2 aromatic rings. The number of carbonyl (C=O) groups excluding carboxylic acids is 2. The minimum Gasteiger partial charge on any atom is -0.396 e. The Morgan fingerprint density at radius 2 is 2.15 bits per heavy atom. The molecule has 146 valence electrons. The van der Waals surface area contributed by atoms with E-state index in [0.717, 1.165) is 0 Å². The summed E-state index contributed by atoms with van der Waals surface area (Å²) in [4.78, 5) is 24.2. The van der Waals surface area contributed by atoms with Crippen LogP contribution in [0.5, 0.6) is 0 Å². The predicted molar refractivity (Wildman–Crippen MR) is 95.8 cm³/mol. The van der Waals surface area contributed by atoms with Gasteiger partial charge in [0.1, 0.15) is 6.33 Å². The van der Waals surface area contributed by atoms with Crippen LogP contribution in [0.25, 0.3) is 0 Å². The Kier molecular flexibility index (Phi) is 7.67. The van der Waals surface area contributed by atoms with Crippen LogP contribution in [0.15, 0.2) is 35.7 Å². The quantitative estimate of drug-likeness (QED) is 0.549.